The van der Waals surface area contributed by atoms with Crippen molar-refractivity contribution in [1.82, 2.24) is 25.6 Å². The maximum Gasteiger partial charge on any atom is 0.314 e. The number of rotatable bonds is 17. The van der Waals surface area contributed by atoms with Gasteiger partial charge in [0.1, 0.15) is 11.9 Å². The summed E-state index contributed by atoms with van der Waals surface area (Å²) in [6, 6.07) is 11.2. The van der Waals surface area contributed by atoms with Gasteiger partial charge in [-0.25, -0.2) is 17.9 Å². The van der Waals surface area contributed by atoms with Gasteiger partial charge in [-0.2, -0.15) is 5.26 Å². The number of likely N-dealkylation sites (tertiary alicyclic amines) is 1. The molecule has 2 atom stereocenters. The number of nitriles is 1. The van der Waals surface area contributed by atoms with Crippen LogP contribution in [0.15, 0.2) is 41.3 Å². The molecule has 4 N–H and O–H groups in total. The summed E-state index contributed by atoms with van der Waals surface area (Å²) in [6.45, 7) is 3.82. The molecule has 0 radical (unpaired) electrons. The van der Waals surface area contributed by atoms with Crippen LogP contribution in [-0.2, 0) is 30.8 Å². The Morgan fingerprint density at radius 1 is 1.07 bits per heavy atom. The zero-order valence-corrected chi connectivity index (χ0v) is 27.0. The molecule has 0 unspecified atom stereocenters. The van der Waals surface area contributed by atoms with E-state index in [1.165, 1.54) is 12.1 Å². The van der Waals surface area contributed by atoms with Gasteiger partial charge in [-0.05, 0) is 86.2 Å². The predicted octanol–water partition coefficient (Wildman–Crippen LogP) is 2.25. The molecular formula is C31H39ClN6O7S. The third-order valence-electron chi connectivity index (χ3n) is 7.86. The number of nitrogens with one attached hydrogen (secondary N) is 4. The van der Waals surface area contributed by atoms with Crippen LogP contribution < -0.4 is 25.4 Å². The summed E-state index contributed by atoms with van der Waals surface area (Å²) >= 11 is 6.18. The Labute approximate surface area is 274 Å². The van der Waals surface area contributed by atoms with Gasteiger partial charge in [0.25, 0.3) is 10.0 Å². The lowest BCUT2D eigenvalue weighted by atomic mass is 10.0. The summed E-state index contributed by atoms with van der Waals surface area (Å²) < 4.78 is 39.8. The number of nitrogens with zero attached hydrogens (tertiary/aromatic N) is 2. The summed E-state index contributed by atoms with van der Waals surface area (Å²) in [5, 5.41) is 17.9. The maximum atomic E-state index is 12.9. The molecule has 2 aliphatic rings. The molecule has 2 aromatic carbocycles. The first-order chi connectivity index (χ1) is 22.2. The Bertz CT molecular complexity index is 1520. The number of carbonyl (C=O) groups excluding carboxylic acids is 3. The molecule has 4 rings (SSSR count). The average molecular weight is 675 g/mol. The Balaban J connectivity index is 1.13. The normalized spacial score (nSPS) is 17.5. The van der Waals surface area contributed by atoms with E-state index in [2.05, 4.69) is 26.7 Å². The summed E-state index contributed by atoms with van der Waals surface area (Å²) in [5.74, 6) is -0.554. The second-order valence-corrected chi connectivity index (χ2v) is 13.2. The van der Waals surface area contributed by atoms with E-state index in [0.29, 0.717) is 94.5 Å². The summed E-state index contributed by atoms with van der Waals surface area (Å²) in [6.07, 6.45) is 3.77. The van der Waals surface area contributed by atoms with Crippen molar-refractivity contribution in [3.63, 3.8) is 0 Å². The van der Waals surface area contributed by atoms with Crippen molar-refractivity contribution in [2.75, 3.05) is 52.5 Å². The van der Waals surface area contributed by atoms with E-state index in [4.69, 9.17) is 21.1 Å². The van der Waals surface area contributed by atoms with Crippen LogP contribution in [0, 0.1) is 17.2 Å². The quantitative estimate of drug-likeness (QED) is 0.145. The number of benzene rings is 2. The number of carbonyl (C=O) groups is 3. The van der Waals surface area contributed by atoms with Crippen molar-refractivity contribution in [1.29, 1.82) is 5.26 Å². The second-order valence-electron chi connectivity index (χ2n) is 11.1. The van der Waals surface area contributed by atoms with E-state index in [1.807, 2.05) is 4.90 Å². The Morgan fingerprint density at radius 2 is 1.83 bits per heavy atom. The first kappa shape index (κ1) is 35.0. The topological polar surface area (TPSA) is 179 Å². The molecule has 248 valence electrons. The van der Waals surface area contributed by atoms with Crippen LogP contribution in [0.2, 0.25) is 5.02 Å². The first-order valence-corrected chi connectivity index (χ1v) is 17.1. The lowest BCUT2D eigenvalue weighted by Gasteiger charge is -2.17. The Kier molecular flexibility index (Phi) is 13.0. The van der Waals surface area contributed by atoms with Gasteiger partial charge in [-0.1, -0.05) is 11.6 Å². The van der Waals surface area contributed by atoms with Gasteiger partial charge in [0, 0.05) is 37.7 Å². The fourth-order valence-electron chi connectivity index (χ4n) is 5.47. The molecule has 13 nitrogen and oxygen atoms in total. The molecule has 0 bridgehead atoms. The summed E-state index contributed by atoms with van der Waals surface area (Å²) in [4.78, 5) is 36.7. The fourth-order valence-corrected chi connectivity index (χ4v) is 6.74. The monoisotopic (exact) mass is 674 g/mol. The molecule has 1 aliphatic heterocycles. The zero-order chi connectivity index (χ0) is 32.9. The number of urea groups is 1. The third-order valence-corrected chi connectivity index (χ3v) is 9.45. The number of halogens is 1. The SMILES string of the molecule is N#Cc1cc(Cl)cc2c1CC[C@H]2Oc1ccc(S(=O)(=O)NC(=O)[C@@H]2CCN(CCOCCNC(=O)NCCCCNC=O)C2)cc1. The second kappa shape index (κ2) is 17.1. The van der Waals surface area contributed by atoms with Crippen molar-refractivity contribution in [2.45, 2.75) is 43.1 Å². The van der Waals surface area contributed by atoms with E-state index < -0.39 is 21.8 Å². The number of hydrogen-bond donors (Lipinski definition) is 4. The van der Waals surface area contributed by atoms with E-state index in [1.54, 1.807) is 24.3 Å². The van der Waals surface area contributed by atoms with E-state index in [-0.39, 0.29) is 17.0 Å². The van der Waals surface area contributed by atoms with Gasteiger partial charge < -0.3 is 30.3 Å². The van der Waals surface area contributed by atoms with Gasteiger partial charge in [0.2, 0.25) is 12.3 Å². The van der Waals surface area contributed by atoms with E-state index in [9.17, 15) is 28.1 Å². The van der Waals surface area contributed by atoms with Crippen LogP contribution in [0.1, 0.15) is 48.5 Å². The highest BCUT2D eigenvalue weighted by molar-refractivity contribution is 7.90. The third kappa shape index (κ3) is 10.1. The van der Waals surface area contributed by atoms with Crippen molar-refractivity contribution in [3.05, 3.63) is 58.1 Å². The molecule has 0 saturated carbocycles. The molecule has 1 aliphatic carbocycles. The van der Waals surface area contributed by atoms with E-state index >= 15 is 0 Å². The van der Waals surface area contributed by atoms with Crippen molar-refractivity contribution in [2.24, 2.45) is 5.92 Å². The maximum absolute atomic E-state index is 12.9. The van der Waals surface area contributed by atoms with Crippen molar-refractivity contribution >= 4 is 40.0 Å². The number of ether oxygens (including phenoxy) is 2. The summed E-state index contributed by atoms with van der Waals surface area (Å²) in [7, 11) is -4.07. The number of fused-ring (bicyclic) bond motifs is 1. The standard InChI is InChI=1S/C31H39ClN6O7S/c32-24-17-23(19-33)27-7-8-29(28(27)18-24)45-25-3-5-26(6-4-25)46(42,43)37-30(40)22-9-13-38(20-22)14-16-44-15-12-36-31(41)35-11-2-1-10-34-21-39/h3-6,17-18,21-22,29H,1-2,7-16,20H2,(H,34,39)(H,37,40)(H2,35,36,41)/t22-,29-/m1/s1. The molecule has 0 aromatic heterocycles. The zero-order valence-electron chi connectivity index (χ0n) is 25.4. The lowest BCUT2D eigenvalue weighted by Crippen LogP contribution is -2.38. The van der Waals surface area contributed by atoms with Gasteiger partial charge in [0.15, 0.2) is 0 Å². The van der Waals surface area contributed by atoms with Crippen LogP contribution in [0.5, 0.6) is 5.75 Å². The Morgan fingerprint density at radius 3 is 2.59 bits per heavy atom. The highest BCUT2D eigenvalue weighted by atomic mass is 35.5. The fraction of sp³-hybridized carbons (Fsp3) is 0.484. The molecule has 4 amide bonds. The summed E-state index contributed by atoms with van der Waals surface area (Å²) in [5.41, 5.74) is 2.31. The van der Waals surface area contributed by atoms with Crippen LogP contribution in [0.25, 0.3) is 0 Å². The van der Waals surface area contributed by atoms with Crippen LogP contribution >= 0.6 is 11.6 Å². The van der Waals surface area contributed by atoms with Crippen LogP contribution in [0.4, 0.5) is 4.79 Å². The van der Waals surface area contributed by atoms with Crippen molar-refractivity contribution in [3.8, 4) is 11.8 Å². The smallest absolute Gasteiger partial charge is 0.314 e. The largest absolute Gasteiger partial charge is 0.486 e. The molecule has 2 aromatic rings. The van der Waals surface area contributed by atoms with Gasteiger partial charge in [-0.15, -0.1) is 0 Å². The molecule has 0 spiro atoms. The lowest BCUT2D eigenvalue weighted by molar-refractivity contribution is -0.122. The molecular weight excluding hydrogens is 636 g/mol. The van der Waals surface area contributed by atoms with E-state index in [0.717, 1.165) is 24.0 Å². The highest BCUT2D eigenvalue weighted by Gasteiger charge is 2.31. The molecule has 1 heterocycles. The van der Waals surface area contributed by atoms with Crippen LogP contribution in [0.3, 0.4) is 0 Å². The molecule has 46 heavy (non-hydrogen) atoms. The van der Waals surface area contributed by atoms with Gasteiger partial charge in [-0.3, -0.25) is 9.59 Å². The Hall–Kier alpha value is -3.90. The molecule has 1 fully saturated rings. The predicted molar refractivity (Wildman–Crippen MR) is 170 cm³/mol. The minimum atomic E-state index is -4.07. The van der Waals surface area contributed by atoms with Crippen molar-refractivity contribution < 1.29 is 32.3 Å². The highest BCUT2D eigenvalue weighted by Crippen LogP contribution is 2.38. The number of sulfonamides is 1. The molecule has 15 heteroatoms. The molecule has 1 saturated heterocycles. The van der Waals surface area contributed by atoms with Crippen LogP contribution in [-0.4, -0.2) is 84.1 Å². The number of amides is 4. The number of hydrogen-bond acceptors (Lipinski definition) is 9. The minimum absolute atomic E-state index is 0.0488. The first-order valence-electron chi connectivity index (χ1n) is 15.2. The minimum Gasteiger partial charge on any atom is -0.486 e. The number of unbranched alkanes of at least 4 members (excludes halogenated alkanes) is 1. The van der Waals surface area contributed by atoms with Gasteiger partial charge >= 0.3 is 6.03 Å². The van der Waals surface area contributed by atoms with Gasteiger partial charge in [0.05, 0.1) is 35.7 Å². The average Bonchev–Trinajstić information content (AvgIpc) is 3.68.